The Morgan fingerprint density at radius 2 is 2.14 bits per heavy atom. The van der Waals surface area contributed by atoms with Crippen molar-refractivity contribution in [1.29, 1.82) is 0 Å². The molecular formula is C11H11NO2. The second kappa shape index (κ2) is 4.03. The van der Waals surface area contributed by atoms with Crippen LogP contribution in [0.4, 0.5) is 0 Å². The topological polar surface area (TPSA) is 44.5 Å². The lowest BCUT2D eigenvalue weighted by Gasteiger charge is -1.95. The predicted octanol–water partition coefficient (Wildman–Crippen LogP) is 1.12. The Kier molecular flexibility index (Phi) is 2.57. The number of nitrogens with two attached hydrogens (primary N) is 1. The van der Waals surface area contributed by atoms with Crippen LogP contribution in [0.25, 0.3) is 0 Å². The normalized spacial score (nSPS) is 12.1. The third-order valence-electron chi connectivity index (χ3n) is 1.87. The summed E-state index contributed by atoms with van der Waals surface area (Å²) < 4.78 is 10.4. The molecule has 1 aliphatic rings. The van der Waals surface area contributed by atoms with Crippen LogP contribution < -0.4 is 15.2 Å². The monoisotopic (exact) mass is 189 g/mol. The van der Waals surface area contributed by atoms with Gasteiger partial charge in [0.2, 0.25) is 6.79 Å². The molecule has 14 heavy (non-hydrogen) atoms. The maximum Gasteiger partial charge on any atom is 0.231 e. The van der Waals surface area contributed by atoms with Crippen LogP contribution in [0.5, 0.6) is 11.5 Å². The molecular weight excluding hydrogens is 178 g/mol. The number of hydrogen-bond donors (Lipinski definition) is 1. The van der Waals surface area contributed by atoms with Gasteiger partial charge in [0.05, 0.1) is 0 Å². The fourth-order valence-corrected chi connectivity index (χ4v) is 1.21. The van der Waals surface area contributed by atoms with Crippen LogP contribution in [0, 0.1) is 11.8 Å². The van der Waals surface area contributed by atoms with Gasteiger partial charge >= 0.3 is 0 Å². The minimum absolute atomic E-state index is 0.301. The summed E-state index contributed by atoms with van der Waals surface area (Å²) in [6.07, 6.45) is 0.717. The molecule has 3 nitrogen and oxygen atoms in total. The first kappa shape index (κ1) is 8.92. The molecule has 3 heteroatoms. The molecule has 2 N–H and O–H groups in total. The molecule has 0 spiro atoms. The summed E-state index contributed by atoms with van der Waals surface area (Å²) in [4.78, 5) is 0. The van der Waals surface area contributed by atoms with Gasteiger partial charge in [-0.1, -0.05) is 11.8 Å². The van der Waals surface area contributed by atoms with Gasteiger partial charge in [0.25, 0.3) is 0 Å². The van der Waals surface area contributed by atoms with Gasteiger partial charge in [-0.05, 0) is 18.2 Å². The van der Waals surface area contributed by atoms with Gasteiger partial charge in [-0.3, -0.25) is 0 Å². The maximum atomic E-state index is 5.34. The van der Waals surface area contributed by atoms with E-state index in [1.54, 1.807) is 0 Å². The quantitative estimate of drug-likeness (QED) is 0.673. The molecule has 0 amide bonds. The smallest absolute Gasteiger partial charge is 0.231 e. The van der Waals surface area contributed by atoms with Crippen LogP contribution in [-0.4, -0.2) is 13.3 Å². The highest BCUT2D eigenvalue weighted by atomic mass is 16.7. The minimum Gasteiger partial charge on any atom is -0.454 e. The second-order valence-electron chi connectivity index (χ2n) is 2.91. The van der Waals surface area contributed by atoms with Gasteiger partial charge in [0.15, 0.2) is 11.5 Å². The van der Waals surface area contributed by atoms with Crippen LogP contribution in [0.15, 0.2) is 18.2 Å². The highest BCUT2D eigenvalue weighted by molar-refractivity contribution is 5.49. The average molecular weight is 189 g/mol. The predicted molar refractivity (Wildman–Crippen MR) is 53.1 cm³/mol. The Balaban J connectivity index is 2.18. The van der Waals surface area contributed by atoms with Gasteiger partial charge in [-0.2, -0.15) is 0 Å². The molecule has 0 aliphatic carbocycles. The summed E-state index contributed by atoms with van der Waals surface area (Å²) in [6, 6.07) is 5.66. The van der Waals surface area contributed by atoms with E-state index in [0.717, 1.165) is 17.1 Å². The van der Waals surface area contributed by atoms with Gasteiger partial charge < -0.3 is 15.2 Å². The lowest BCUT2D eigenvalue weighted by atomic mass is 10.2. The molecule has 0 bridgehead atoms. The van der Waals surface area contributed by atoms with E-state index in [0.29, 0.717) is 19.8 Å². The van der Waals surface area contributed by atoms with Crippen molar-refractivity contribution >= 4 is 0 Å². The standard InChI is InChI=1S/C11H11NO2/c12-6-2-1-3-9-4-5-10-11(7-9)14-8-13-10/h4-5,7H,2,6,8,12H2. The van der Waals surface area contributed by atoms with E-state index in [4.69, 9.17) is 15.2 Å². The highest BCUT2D eigenvalue weighted by Crippen LogP contribution is 2.32. The fourth-order valence-electron chi connectivity index (χ4n) is 1.21. The molecule has 1 aromatic rings. The molecule has 1 heterocycles. The number of rotatable bonds is 1. The molecule has 1 aromatic carbocycles. The Labute approximate surface area is 82.8 Å². The minimum atomic E-state index is 0.301. The molecule has 0 saturated heterocycles. The van der Waals surface area contributed by atoms with Crippen LogP contribution in [-0.2, 0) is 0 Å². The second-order valence-corrected chi connectivity index (χ2v) is 2.91. The van der Waals surface area contributed by atoms with Crippen molar-refractivity contribution in [2.45, 2.75) is 6.42 Å². The van der Waals surface area contributed by atoms with E-state index in [-0.39, 0.29) is 0 Å². The van der Waals surface area contributed by atoms with E-state index >= 15 is 0 Å². The Hall–Kier alpha value is -1.66. The summed E-state index contributed by atoms with van der Waals surface area (Å²) in [7, 11) is 0. The molecule has 72 valence electrons. The number of fused-ring (bicyclic) bond motifs is 1. The zero-order valence-electron chi connectivity index (χ0n) is 7.75. The third kappa shape index (κ3) is 1.81. The lowest BCUT2D eigenvalue weighted by molar-refractivity contribution is 0.174. The first-order valence-electron chi connectivity index (χ1n) is 4.49. The number of hydrogen-bond acceptors (Lipinski definition) is 3. The van der Waals surface area contributed by atoms with Gasteiger partial charge in [-0.25, -0.2) is 0 Å². The molecule has 0 unspecified atom stereocenters. The SMILES string of the molecule is NCCC#Cc1ccc2c(c1)OCO2. The van der Waals surface area contributed by atoms with E-state index in [9.17, 15) is 0 Å². The summed E-state index contributed by atoms with van der Waals surface area (Å²) >= 11 is 0. The van der Waals surface area contributed by atoms with Crippen molar-refractivity contribution in [2.75, 3.05) is 13.3 Å². The van der Waals surface area contributed by atoms with E-state index in [1.807, 2.05) is 18.2 Å². The maximum absolute atomic E-state index is 5.34. The van der Waals surface area contributed by atoms with Gasteiger partial charge in [0, 0.05) is 18.5 Å². The molecule has 0 radical (unpaired) electrons. The Morgan fingerprint density at radius 1 is 1.29 bits per heavy atom. The highest BCUT2D eigenvalue weighted by Gasteiger charge is 2.12. The van der Waals surface area contributed by atoms with Crippen molar-refractivity contribution in [3.63, 3.8) is 0 Å². The van der Waals surface area contributed by atoms with Crippen molar-refractivity contribution in [2.24, 2.45) is 5.73 Å². The molecule has 0 aromatic heterocycles. The molecule has 1 aliphatic heterocycles. The molecule has 0 fully saturated rings. The van der Waals surface area contributed by atoms with E-state index in [2.05, 4.69) is 11.8 Å². The average Bonchev–Trinajstić information content (AvgIpc) is 2.65. The van der Waals surface area contributed by atoms with Crippen LogP contribution >= 0.6 is 0 Å². The van der Waals surface area contributed by atoms with Crippen LogP contribution in [0.3, 0.4) is 0 Å². The summed E-state index contributed by atoms with van der Waals surface area (Å²) in [5, 5.41) is 0. The zero-order chi connectivity index (χ0) is 9.80. The van der Waals surface area contributed by atoms with Gasteiger partial charge in [0.1, 0.15) is 0 Å². The van der Waals surface area contributed by atoms with E-state index in [1.165, 1.54) is 0 Å². The first-order valence-corrected chi connectivity index (χ1v) is 4.49. The lowest BCUT2D eigenvalue weighted by Crippen LogP contribution is -1.95. The first-order chi connectivity index (χ1) is 6.90. The largest absolute Gasteiger partial charge is 0.454 e. The van der Waals surface area contributed by atoms with Crippen LogP contribution in [0.1, 0.15) is 12.0 Å². The van der Waals surface area contributed by atoms with E-state index < -0.39 is 0 Å². The van der Waals surface area contributed by atoms with Crippen LogP contribution in [0.2, 0.25) is 0 Å². The summed E-state index contributed by atoms with van der Waals surface area (Å²) in [6.45, 7) is 0.895. The van der Waals surface area contributed by atoms with Crippen molar-refractivity contribution in [3.8, 4) is 23.3 Å². The Morgan fingerprint density at radius 3 is 3.00 bits per heavy atom. The molecule has 0 saturated carbocycles. The van der Waals surface area contributed by atoms with Crippen molar-refractivity contribution < 1.29 is 9.47 Å². The fraction of sp³-hybridized carbons (Fsp3) is 0.273. The Bertz CT molecular complexity index is 390. The number of ether oxygens (including phenoxy) is 2. The molecule has 0 atom stereocenters. The van der Waals surface area contributed by atoms with Gasteiger partial charge in [-0.15, -0.1) is 0 Å². The summed E-state index contributed by atoms with van der Waals surface area (Å²) in [5.74, 6) is 7.54. The number of benzene rings is 1. The van der Waals surface area contributed by atoms with Crippen molar-refractivity contribution in [1.82, 2.24) is 0 Å². The summed E-state index contributed by atoms with van der Waals surface area (Å²) in [5.41, 5.74) is 6.27. The van der Waals surface area contributed by atoms with Crippen molar-refractivity contribution in [3.05, 3.63) is 23.8 Å². The third-order valence-corrected chi connectivity index (χ3v) is 1.87. The molecule has 2 rings (SSSR count). The zero-order valence-corrected chi connectivity index (χ0v) is 7.75.